The number of aliphatic hydroxyl groups excluding tert-OH is 8. The maximum Gasteiger partial charge on any atom is 0.0483 e. The molecule has 0 saturated carbocycles. The number of hydrogen-bond donors (Lipinski definition) is 8. The van der Waals surface area contributed by atoms with Crippen molar-refractivity contribution in [2.75, 3.05) is 0 Å². The fourth-order valence-corrected chi connectivity index (χ4v) is 1.50. The van der Waals surface area contributed by atoms with Crippen molar-refractivity contribution in [3.05, 3.63) is 0 Å². The molecular weight excluding hydrogens is 632 g/mol. The van der Waals surface area contributed by atoms with Gasteiger partial charge in [-0.2, -0.15) is 0 Å². The summed E-state index contributed by atoms with van der Waals surface area (Å²) in [7, 11) is 0. The Balaban J connectivity index is -0.0000000374. The molecule has 0 aliphatic heterocycles. The first kappa shape index (κ1) is 78.7. The molecular formula is C42H106O8. The average molecular weight is 739 g/mol. The Hall–Kier alpha value is -0.320. The minimum Gasteiger partial charge on any atom is -0.394 e. The zero-order chi connectivity index (χ0) is 43.1. The second-order valence-electron chi connectivity index (χ2n) is 13.9. The largest absolute Gasteiger partial charge is 0.394 e. The third-order valence-corrected chi connectivity index (χ3v) is 2.87. The molecule has 0 rings (SSSR count). The van der Waals surface area contributed by atoms with Crippen molar-refractivity contribution in [3.63, 3.8) is 0 Å². The van der Waals surface area contributed by atoms with Crippen LogP contribution in [0.3, 0.4) is 0 Å². The molecule has 0 atom stereocenters. The second kappa shape index (κ2) is 86.9. The number of unbranched alkanes of at least 4 members (excludes halogenated alkanes) is 9. The van der Waals surface area contributed by atoms with E-state index < -0.39 is 0 Å². The molecule has 0 aliphatic carbocycles. The molecule has 322 valence electrons. The molecule has 0 aromatic carbocycles. The molecule has 8 N–H and O–H groups in total. The fourth-order valence-electron chi connectivity index (χ4n) is 1.50. The Kier molecular flexibility index (Phi) is 137. The van der Waals surface area contributed by atoms with Gasteiger partial charge in [-0.3, -0.25) is 0 Å². The lowest BCUT2D eigenvalue weighted by Gasteiger charge is -1.86. The maximum atomic E-state index is 8.06. The van der Waals surface area contributed by atoms with E-state index in [9.17, 15) is 0 Å². The van der Waals surface area contributed by atoms with E-state index >= 15 is 0 Å². The van der Waals surface area contributed by atoms with Crippen molar-refractivity contribution in [3.8, 4) is 0 Å². The first-order valence-corrected chi connectivity index (χ1v) is 20.0. The van der Waals surface area contributed by atoms with Crippen LogP contribution in [0.1, 0.15) is 229 Å². The summed E-state index contributed by atoms with van der Waals surface area (Å²) in [5.41, 5.74) is 0. The lowest BCUT2D eigenvalue weighted by Crippen LogP contribution is -1.85. The van der Waals surface area contributed by atoms with E-state index in [1.165, 1.54) is 77.0 Å². The van der Waals surface area contributed by atoms with Gasteiger partial charge in [0, 0.05) is 48.8 Å². The third kappa shape index (κ3) is 1380. The van der Waals surface area contributed by atoms with E-state index in [1.54, 1.807) is 111 Å². The molecule has 8 nitrogen and oxygen atoms in total. The van der Waals surface area contributed by atoms with Crippen LogP contribution in [0.5, 0.6) is 0 Å². The summed E-state index contributed by atoms with van der Waals surface area (Å²) in [6.07, 6.45) is 15.3. The van der Waals surface area contributed by atoms with Crippen molar-refractivity contribution >= 4 is 0 Å². The smallest absolute Gasteiger partial charge is 0.0483 e. The molecule has 8 heteroatoms. The van der Waals surface area contributed by atoms with Gasteiger partial charge in [0.2, 0.25) is 0 Å². The number of aliphatic hydroxyl groups is 8. The highest BCUT2D eigenvalue weighted by atomic mass is 16.3. The highest BCUT2D eigenvalue weighted by Gasteiger charge is 1.77. The molecule has 0 bridgehead atoms. The fraction of sp³-hybridized carbons (Fsp3) is 1.00. The lowest BCUT2D eigenvalue weighted by molar-refractivity contribution is 0.215. The van der Waals surface area contributed by atoms with Gasteiger partial charge in [0.1, 0.15) is 0 Å². The SMILES string of the molecule is CC(C)O.CC(C)O.CC(C)O.CC(C)O.CC(C)O.CC(C)O.CC(C)O.CC(C)O.CCCCCC.CCCCCC.CCCCCC. The molecule has 0 heterocycles. The first-order chi connectivity index (χ1) is 22.6. The summed E-state index contributed by atoms with van der Waals surface area (Å²) in [4.78, 5) is 0. The minimum absolute atomic E-state index is 0.167. The van der Waals surface area contributed by atoms with Crippen molar-refractivity contribution in [1.29, 1.82) is 0 Å². The third-order valence-electron chi connectivity index (χ3n) is 2.87. The average Bonchev–Trinajstić information content (AvgIpc) is 2.88. The van der Waals surface area contributed by atoms with Gasteiger partial charge in [0.25, 0.3) is 0 Å². The van der Waals surface area contributed by atoms with Crippen LogP contribution in [0, 0.1) is 0 Å². The predicted octanol–water partition coefficient (Wildman–Crippen LogP) is 10.9. The molecule has 0 saturated heterocycles. The van der Waals surface area contributed by atoms with Gasteiger partial charge in [-0.15, -0.1) is 0 Å². The Labute approximate surface area is 318 Å². The molecule has 0 aromatic heterocycles. The molecule has 0 amide bonds. The maximum absolute atomic E-state index is 8.06. The normalized spacial score (nSPS) is 9.00. The van der Waals surface area contributed by atoms with E-state index in [2.05, 4.69) is 41.5 Å². The zero-order valence-corrected chi connectivity index (χ0v) is 38.7. The molecule has 0 spiro atoms. The summed E-state index contributed by atoms with van der Waals surface area (Å²) in [6, 6.07) is 0. The zero-order valence-electron chi connectivity index (χ0n) is 38.7. The van der Waals surface area contributed by atoms with Gasteiger partial charge in [-0.05, 0) is 111 Å². The van der Waals surface area contributed by atoms with Crippen molar-refractivity contribution < 1.29 is 40.9 Å². The first-order valence-electron chi connectivity index (χ1n) is 20.0. The summed E-state index contributed by atoms with van der Waals surface area (Å²) >= 11 is 0. The molecule has 0 fully saturated rings. The summed E-state index contributed by atoms with van der Waals surface area (Å²) in [5.74, 6) is 0. The second-order valence-corrected chi connectivity index (χ2v) is 13.9. The monoisotopic (exact) mass is 739 g/mol. The lowest BCUT2D eigenvalue weighted by atomic mass is 10.2. The Bertz CT molecular complexity index is 263. The van der Waals surface area contributed by atoms with E-state index in [1.807, 2.05) is 0 Å². The highest BCUT2D eigenvalue weighted by Crippen LogP contribution is 1.96. The van der Waals surface area contributed by atoms with Crippen LogP contribution in [0.15, 0.2) is 0 Å². The van der Waals surface area contributed by atoms with Crippen LogP contribution >= 0.6 is 0 Å². The van der Waals surface area contributed by atoms with Gasteiger partial charge in [-0.25, -0.2) is 0 Å². The summed E-state index contributed by atoms with van der Waals surface area (Å²) in [5, 5.41) is 64.4. The Morgan fingerprint density at radius 2 is 0.240 bits per heavy atom. The summed E-state index contributed by atoms with van der Waals surface area (Å²) in [6.45, 7) is 40.9. The van der Waals surface area contributed by atoms with Gasteiger partial charge in [0.15, 0.2) is 0 Å². The van der Waals surface area contributed by atoms with Crippen LogP contribution in [0.4, 0.5) is 0 Å². The van der Waals surface area contributed by atoms with Crippen LogP contribution in [0.25, 0.3) is 0 Å². The van der Waals surface area contributed by atoms with E-state index in [-0.39, 0.29) is 48.8 Å². The predicted molar refractivity (Wildman–Crippen MR) is 228 cm³/mol. The van der Waals surface area contributed by atoms with Gasteiger partial charge in [0.05, 0.1) is 0 Å². The molecule has 0 radical (unpaired) electrons. The highest BCUT2D eigenvalue weighted by molar-refractivity contribution is 4.32. The minimum atomic E-state index is -0.167. The summed E-state index contributed by atoms with van der Waals surface area (Å²) < 4.78 is 0. The quantitative estimate of drug-likeness (QED) is 0.108. The molecule has 0 aliphatic rings. The topological polar surface area (TPSA) is 162 Å². The standard InChI is InChI=1S/3C6H14.8C3H8O/c3*1-3-5-6-4-2;8*1-3(2)4/h3*3-6H2,1-2H3;8*3-4H,1-2H3. The van der Waals surface area contributed by atoms with Gasteiger partial charge in [-0.1, -0.05) is 119 Å². The Morgan fingerprint density at radius 1 is 0.200 bits per heavy atom. The van der Waals surface area contributed by atoms with E-state index in [4.69, 9.17) is 40.9 Å². The van der Waals surface area contributed by atoms with E-state index in [0.717, 1.165) is 0 Å². The number of hydrogen-bond acceptors (Lipinski definition) is 8. The van der Waals surface area contributed by atoms with Crippen molar-refractivity contribution in [1.82, 2.24) is 0 Å². The Morgan fingerprint density at radius 3 is 0.260 bits per heavy atom. The number of rotatable bonds is 9. The van der Waals surface area contributed by atoms with Crippen LogP contribution < -0.4 is 0 Å². The molecule has 0 unspecified atom stereocenters. The van der Waals surface area contributed by atoms with Crippen LogP contribution in [-0.2, 0) is 0 Å². The van der Waals surface area contributed by atoms with Gasteiger partial charge >= 0.3 is 0 Å². The van der Waals surface area contributed by atoms with Crippen molar-refractivity contribution in [2.24, 2.45) is 0 Å². The van der Waals surface area contributed by atoms with Crippen LogP contribution in [0.2, 0.25) is 0 Å². The van der Waals surface area contributed by atoms with Crippen molar-refractivity contribution in [2.45, 2.75) is 278 Å². The molecule has 50 heavy (non-hydrogen) atoms. The van der Waals surface area contributed by atoms with E-state index in [0.29, 0.717) is 0 Å². The van der Waals surface area contributed by atoms with Gasteiger partial charge < -0.3 is 40.9 Å². The van der Waals surface area contributed by atoms with Crippen LogP contribution in [-0.4, -0.2) is 89.7 Å². The molecule has 0 aromatic rings.